The molecule has 1 aliphatic rings. The number of carboxylic acid groups (broad SMARTS) is 1. The van der Waals surface area contributed by atoms with E-state index in [0.717, 1.165) is 22.9 Å². The van der Waals surface area contributed by atoms with Crippen LogP contribution in [0.4, 0.5) is 5.13 Å². The first-order valence-electron chi connectivity index (χ1n) is 6.81. The summed E-state index contributed by atoms with van der Waals surface area (Å²) in [4.78, 5) is 17.6. The van der Waals surface area contributed by atoms with Gasteiger partial charge in [0.2, 0.25) is 0 Å². The average Bonchev–Trinajstić information content (AvgIpc) is 2.98. The molecule has 2 heterocycles. The molecule has 0 aliphatic carbocycles. The quantitative estimate of drug-likeness (QED) is 0.940. The number of ether oxygens (including phenoxy) is 1. The highest BCUT2D eigenvalue weighted by atomic mass is 32.1. The van der Waals surface area contributed by atoms with Crippen molar-refractivity contribution in [2.75, 3.05) is 24.6 Å². The molecule has 1 aliphatic heterocycles. The molecule has 0 amide bonds. The SMILES string of the molecule is O=C(O)CC1CN(c2nc(-c3ccccc3)cs2)CCO1. The number of carboxylic acids is 1. The third kappa shape index (κ3) is 3.40. The molecule has 1 aromatic heterocycles. The van der Waals surface area contributed by atoms with Crippen LogP contribution in [0.5, 0.6) is 0 Å². The van der Waals surface area contributed by atoms with Crippen molar-refractivity contribution in [3.63, 3.8) is 0 Å². The Morgan fingerprint density at radius 1 is 1.43 bits per heavy atom. The van der Waals surface area contributed by atoms with Gasteiger partial charge in [-0.3, -0.25) is 4.79 Å². The Morgan fingerprint density at radius 2 is 2.24 bits per heavy atom. The summed E-state index contributed by atoms with van der Waals surface area (Å²) in [7, 11) is 0. The molecule has 0 radical (unpaired) electrons. The van der Waals surface area contributed by atoms with E-state index in [2.05, 4.69) is 9.88 Å². The predicted molar refractivity (Wildman–Crippen MR) is 81.8 cm³/mol. The number of aliphatic carboxylic acids is 1. The van der Waals surface area contributed by atoms with Gasteiger partial charge in [0.25, 0.3) is 0 Å². The summed E-state index contributed by atoms with van der Waals surface area (Å²) < 4.78 is 5.49. The standard InChI is InChI=1S/C15H16N2O3S/c18-14(19)8-12-9-17(6-7-20-12)15-16-13(10-21-15)11-4-2-1-3-5-11/h1-5,10,12H,6-9H2,(H,18,19). The minimum atomic E-state index is -0.828. The first kappa shape index (κ1) is 14.0. The van der Waals surface area contributed by atoms with Gasteiger partial charge in [-0.1, -0.05) is 30.3 Å². The molecule has 0 saturated carbocycles. The number of hydrogen-bond donors (Lipinski definition) is 1. The molecule has 1 aromatic carbocycles. The van der Waals surface area contributed by atoms with E-state index in [1.165, 1.54) is 0 Å². The monoisotopic (exact) mass is 304 g/mol. The predicted octanol–water partition coefficient (Wildman–Crippen LogP) is 2.49. The third-order valence-electron chi connectivity index (χ3n) is 3.37. The minimum Gasteiger partial charge on any atom is -0.481 e. The fourth-order valence-electron chi connectivity index (χ4n) is 2.36. The topological polar surface area (TPSA) is 62.7 Å². The van der Waals surface area contributed by atoms with Crippen LogP contribution in [0.25, 0.3) is 11.3 Å². The Hall–Kier alpha value is -1.92. The molecule has 6 heteroatoms. The first-order chi connectivity index (χ1) is 10.2. The van der Waals surface area contributed by atoms with E-state index < -0.39 is 5.97 Å². The largest absolute Gasteiger partial charge is 0.481 e. The smallest absolute Gasteiger partial charge is 0.306 e. The summed E-state index contributed by atoms with van der Waals surface area (Å²) in [5.74, 6) is -0.828. The van der Waals surface area contributed by atoms with Crippen molar-refractivity contribution in [2.24, 2.45) is 0 Å². The summed E-state index contributed by atoms with van der Waals surface area (Å²) in [5.41, 5.74) is 2.05. The maximum Gasteiger partial charge on any atom is 0.306 e. The van der Waals surface area contributed by atoms with Crippen molar-refractivity contribution >= 4 is 22.4 Å². The van der Waals surface area contributed by atoms with Crippen molar-refractivity contribution in [2.45, 2.75) is 12.5 Å². The molecule has 2 aromatic rings. The number of anilines is 1. The summed E-state index contributed by atoms with van der Waals surface area (Å²) >= 11 is 1.58. The van der Waals surface area contributed by atoms with Gasteiger partial charge in [-0.05, 0) is 0 Å². The van der Waals surface area contributed by atoms with E-state index in [0.29, 0.717) is 13.2 Å². The molecule has 1 fully saturated rings. The van der Waals surface area contributed by atoms with Gasteiger partial charge in [-0.2, -0.15) is 0 Å². The number of rotatable bonds is 4. The highest BCUT2D eigenvalue weighted by molar-refractivity contribution is 7.14. The fourth-order valence-corrected chi connectivity index (χ4v) is 3.23. The lowest BCUT2D eigenvalue weighted by molar-refractivity contribution is -0.140. The second-order valence-electron chi connectivity index (χ2n) is 4.92. The maximum atomic E-state index is 10.8. The van der Waals surface area contributed by atoms with Crippen molar-refractivity contribution in [1.29, 1.82) is 0 Å². The Bertz CT molecular complexity index is 614. The Labute approximate surface area is 126 Å². The van der Waals surface area contributed by atoms with Crippen molar-refractivity contribution in [1.82, 2.24) is 4.98 Å². The van der Waals surface area contributed by atoms with E-state index in [1.807, 2.05) is 35.7 Å². The number of morpholine rings is 1. The molecular formula is C15H16N2O3S. The van der Waals surface area contributed by atoms with E-state index in [-0.39, 0.29) is 12.5 Å². The van der Waals surface area contributed by atoms with Crippen LogP contribution in [0.3, 0.4) is 0 Å². The first-order valence-corrected chi connectivity index (χ1v) is 7.69. The number of nitrogens with zero attached hydrogens (tertiary/aromatic N) is 2. The van der Waals surface area contributed by atoms with Gasteiger partial charge in [0, 0.05) is 24.0 Å². The van der Waals surface area contributed by atoms with E-state index in [1.54, 1.807) is 11.3 Å². The molecule has 0 bridgehead atoms. The molecule has 5 nitrogen and oxygen atoms in total. The Balaban J connectivity index is 1.72. The second-order valence-corrected chi connectivity index (χ2v) is 5.75. The van der Waals surface area contributed by atoms with E-state index in [9.17, 15) is 4.79 Å². The van der Waals surface area contributed by atoms with Gasteiger partial charge >= 0.3 is 5.97 Å². The minimum absolute atomic E-state index is 0.0351. The highest BCUT2D eigenvalue weighted by Gasteiger charge is 2.24. The zero-order valence-corrected chi connectivity index (χ0v) is 12.3. The summed E-state index contributed by atoms with van der Waals surface area (Å²) in [6.07, 6.45) is -0.228. The maximum absolute atomic E-state index is 10.8. The average molecular weight is 304 g/mol. The fraction of sp³-hybridized carbons (Fsp3) is 0.333. The molecule has 1 N–H and O–H groups in total. The third-order valence-corrected chi connectivity index (χ3v) is 4.27. The number of hydrogen-bond acceptors (Lipinski definition) is 5. The number of thiazole rings is 1. The number of benzene rings is 1. The van der Waals surface area contributed by atoms with E-state index >= 15 is 0 Å². The summed E-state index contributed by atoms with van der Waals surface area (Å²) in [6, 6.07) is 10.0. The summed E-state index contributed by atoms with van der Waals surface area (Å²) in [5, 5.41) is 11.8. The molecular weight excluding hydrogens is 288 g/mol. The van der Waals surface area contributed by atoms with Crippen LogP contribution in [-0.4, -0.2) is 41.9 Å². The highest BCUT2D eigenvalue weighted by Crippen LogP contribution is 2.28. The van der Waals surface area contributed by atoms with Gasteiger partial charge in [0.1, 0.15) is 0 Å². The Morgan fingerprint density at radius 3 is 3.00 bits per heavy atom. The lowest BCUT2D eigenvalue weighted by atomic mass is 10.2. The van der Waals surface area contributed by atoms with Crippen LogP contribution in [-0.2, 0) is 9.53 Å². The Kier molecular flexibility index (Phi) is 4.17. The number of aromatic nitrogens is 1. The van der Waals surface area contributed by atoms with Crippen molar-refractivity contribution in [3.8, 4) is 11.3 Å². The van der Waals surface area contributed by atoms with E-state index in [4.69, 9.17) is 9.84 Å². The van der Waals surface area contributed by atoms with Crippen LogP contribution in [0.2, 0.25) is 0 Å². The van der Waals surface area contributed by atoms with Crippen LogP contribution in [0.1, 0.15) is 6.42 Å². The molecule has 21 heavy (non-hydrogen) atoms. The van der Waals surface area contributed by atoms with Crippen molar-refractivity contribution in [3.05, 3.63) is 35.7 Å². The van der Waals surface area contributed by atoms with Crippen LogP contribution in [0.15, 0.2) is 35.7 Å². The molecule has 0 spiro atoms. The zero-order valence-electron chi connectivity index (χ0n) is 11.4. The van der Waals surface area contributed by atoms with Crippen molar-refractivity contribution < 1.29 is 14.6 Å². The van der Waals surface area contributed by atoms with Gasteiger partial charge in [-0.15, -0.1) is 11.3 Å². The molecule has 1 atom stereocenters. The molecule has 1 unspecified atom stereocenters. The van der Waals surface area contributed by atoms with Crippen LogP contribution < -0.4 is 4.90 Å². The van der Waals surface area contributed by atoms with Gasteiger partial charge < -0.3 is 14.7 Å². The lowest BCUT2D eigenvalue weighted by Crippen LogP contribution is -2.43. The van der Waals surface area contributed by atoms with Gasteiger partial charge in [0.15, 0.2) is 5.13 Å². The van der Waals surface area contributed by atoms with Crippen LogP contribution in [0, 0.1) is 0 Å². The summed E-state index contributed by atoms with van der Waals surface area (Å²) in [6.45, 7) is 1.87. The zero-order chi connectivity index (χ0) is 14.7. The molecule has 3 rings (SSSR count). The van der Waals surface area contributed by atoms with Gasteiger partial charge in [-0.25, -0.2) is 4.98 Å². The molecule has 1 saturated heterocycles. The van der Waals surface area contributed by atoms with Gasteiger partial charge in [0.05, 0.1) is 24.8 Å². The second kappa shape index (κ2) is 6.24. The lowest BCUT2D eigenvalue weighted by Gasteiger charge is -2.31. The normalized spacial score (nSPS) is 18.7. The number of carbonyl (C=O) groups is 1. The molecule has 110 valence electrons. The van der Waals surface area contributed by atoms with Crippen LogP contribution >= 0.6 is 11.3 Å².